The van der Waals surface area contributed by atoms with Crippen LogP contribution in [0.5, 0.6) is 0 Å². The van der Waals surface area contributed by atoms with E-state index in [-0.39, 0.29) is 0 Å². The second kappa shape index (κ2) is 5.46. The molecule has 0 aliphatic carbocycles. The third-order valence-corrected chi connectivity index (χ3v) is 3.96. The minimum absolute atomic E-state index is 0.436. The van der Waals surface area contributed by atoms with Crippen LogP contribution in [0, 0.1) is 0 Å². The van der Waals surface area contributed by atoms with Crippen LogP contribution < -0.4 is 5.32 Å². The first kappa shape index (κ1) is 11.6. The molecule has 1 unspecified atom stereocenters. The lowest BCUT2D eigenvalue weighted by atomic mass is 10.1. The molecule has 0 aliphatic rings. The Morgan fingerprint density at radius 1 is 1.44 bits per heavy atom. The first-order chi connectivity index (χ1) is 7.78. The number of hydrogen-bond donors (Lipinski definition) is 1. The Labute approximate surface area is 104 Å². The summed E-state index contributed by atoms with van der Waals surface area (Å²) in [6.07, 6.45) is 2.07. The predicted molar refractivity (Wildman–Crippen MR) is 72.6 cm³/mol. The molecule has 0 amide bonds. The number of aromatic nitrogens is 1. The summed E-state index contributed by atoms with van der Waals surface area (Å²) in [6.45, 7) is 4.33. The van der Waals surface area contributed by atoms with Gasteiger partial charge in [0.1, 0.15) is 0 Å². The first-order valence-electron chi connectivity index (χ1n) is 5.50. The van der Waals surface area contributed by atoms with Crippen molar-refractivity contribution < 1.29 is 0 Å². The van der Waals surface area contributed by atoms with Crippen LogP contribution in [0.2, 0.25) is 0 Å². The minimum Gasteiger partial charge on any atom is -0.359 e. The number of nitrogens with zero attached hydrogens (tertiary/aromatic N) is 1. The van der Waals surface area contributed by atoms with E-state index in [0.29, 0.717) is 6.04 Å². The largest absolute Gasteiger partial charge is 0.359 e. The van der Waals surface area contributed by atoms with E-state index in [1.54, 1.807) is 22.7 Å². The molecule has 2 heterocycles. The lowest BCUT2D eigenvalue weighted by Gasteiger charge is -2.11. The molecule has 2 nitrogen and oxygen atoms in total. The topological polar surface area (TPSA) is 24.9 Å². The first-order valence-corrected chi connectivity index (χ1v) is 7.32. The van der Waals surface area contributed by atoms with Gasteiger partial charge in [-0.2, -0.15) is 11.3 Å². The summed E-state index contributed by atoms with van der Waals surface area (Å²) >= 11 is 3.45. The molecule has 0 radical (unpaired) electrons. The third kappa shape index (κ3) is 3.06. The van der Waals surface area contributed by atoms with Gasteiger partial charge in [-0.25, -0.2) is 4.98 Å². The second-order valence-corrected chi connectivity index (χ2v) is 5.52. The molecular formula is C12H16N2S2. The number of nitrogens with one attached hydrogen (secondary N) is 1. The van der Waals surface area contributed by atoms with E-state index in [1.807, 2.05) is 0 Å². The van der Waals surface area contributed by atoms with Crippen LogP contribution in [0.1, 0.15) is 25.1 Å². The van der Waals surface area contributed by atoms with Gasteiger partial charge in [0.2, 0.25) is 0 Å². The van der Waals surface area contributed by atoms with Crippen LogP contribution in [0.3, 0.4) is 0 Å². The quantitative estimate of drug-likeness (QED) is 0.875. The third-order valence-electron chi connectivity index (χ3n) is 2.41. The molecule has 1 atom stereocenters. The Bertz CT molecular complexity index is 420. The number of rotatable bonds is 5. The van der Waals surface area contributed by atoms with Crippen LogP contribution in [0.4, 0.5) is 5.13 Å². The maximum absolute atomic E-state index is 4.51. The smallest absolute Gasteiger partial charge is 0.183 e. The Kier molecular flexibility index (Phi) is 3.96. The Morgan fingerprint density at radius 2 is 2.31 bits per heavy atom. The zero-order valence-corrected chi connectivity index (χ0v) is 11.2. The van der Waals surface area contributed by atoms with Gasteiger partial charge in [0.05, 0.1) is 5.69 Å². The van der Waals surface area contributed by atoms with Crippen molar-refractivity contribution in [3.05, 3.63) is 33.5 Å². The highest BCUT2D eigenvalue weighted by molar-refractivity contribution is 7.13. The van der Waals surface area contributed by atoms with Gasteiger partial charge < -0.3 is 5.32 Å². The molecule has 0 aromatic carbocycles. The number of hydrogen-bond acceptors (Lipinski definition) is 4. The molecule has 0 spiro atoms. The molecule has 0 saturated carbocycles. The van der Waals surface area contributed by atoms with Gasteiger partial charge in [0.15, 0.2) is 5.13 Å². The molecule has 0 bridgehead atoms. The predicted octanol–water partition coefficient (Wildman–Crippen LogP) is 3.81. The van der Waals surface area contributed by atoms with E-state index in [0.717, 1.165) is 18.0 Å². The second-order valence-electron chi connectivity index (χ2n) is 3.88. The summed E-state index contributed by atoms with van der Waals surface area (Å²) in [5.74, 6) is 0. The molecule has 2 aromatic heterocycles. The van der Waals surface area contributed by atoms with E-state index < -0.39 is 0 Å². The van der Waals surface area contributed by atoms with E-state index in [2.05, 4.69) is 46.4 Å². The van der Waals surface area contributed by atoms with Gasteiger partial charge >= 0.3 is 0 Å². The van der Waals surface area contributed by atoms with Crippen molar-refractivity contribution in [3.8, 4) is 0 Å². The lowest BCUT2D eigenvalue weighted by molar-refractivity contribution is 0.790. The zero-order valence-electron chi connectivity index (χ0n) is 9.56. The highest BCUT2D eigenvalue weighted by Crippen LogP contribution is 2.18. The monoisotopic (exact) mass is 252 g/mol. The summed E-state index contributed by atoms with van der Waals surface area (Å²) in [6, 6.07) is 2.62. The fourth-order valence-corrected chi connectivity index (χ4v) is 3.15. The Balaban J connectivity index is 1.89. The molecule has 0 aliphatic heterocycles. The van der Waals surface area contributed by atoms with Gasteiger partial charge in [-0.1, -0.05) is 6.92 Å². The van der Waals surface area contributed by atoms with Gasteiger partial charge in [-0.3, -0.25) is 0 Å². The Morgan fingerprint density at radius 3 is 2.94 bits per heavy atom. The molecular weight excluding hydrogens is 236 g/mol. The molecule has 0 saturated heterocycles. The molecule has 4 heteroatoms. The number of anilines is 1. The van der Waals surface area contributed by atoms with E-state index in [1.165, 1.54) is 11.3 Å². The van der Waals surface area contributed by atoms with Crippen LogP contribution in [-0.2, 0) is 12.8 Å². The summed E-state index contributed by atoms with van der Waals surface area (Å²) in [5, 5.41) is 10.9. The molecule has 16 heavy (non-hydrogen) atoms. The van der Waals surface area contributed by atoms with Crippen molar-refractivity contribution in [2.75, 3.05) is 5.32 Å². The molecule has 2 rings (SSSR count). The molecule has 0 fully saturated rings. The maximum atomic E-state index is 4.51. The SMILES string of the molecule is CCc1csc(NC(C)Cc2ccsc2)n1. The standard InChI is InChI=1S/C12H16N2S2/c1-3-11-8-16-12(14-11)13-9(2)6-10-4-5-15-7-10/h4-5,7-9H,3,6H2,1-2H3,(H,13,14). The summed E-state index contributed by atoms with van der Waals surface area (Å²) in [5.41, 5.74) is 2.58. The van der Waals surface area contributed by atoms with Gasteiger partial charge in [0.25, 0.3) is 0 Å². The molecule has 1 N–H and O–H groups in total. The van der Waals surface area contributed by atoms with Gasteiger partial charge in [0, 0.05) is 11.4 Å². The van der Waals surface area contributed by atoms with E-state index in [4.69, 9.17) is 0 Å². The van der Waals surface area contributed by atoms with E-state index in [9.17, 15) is 0 Å². The van der Waals surface area contributed by atoms with Crippen molar-refractivity contribution in [1.29, 1.82) is 0 Å². The van der Waals surface area contributed by atoms with Crippen LogP contribution in [-0.4, -0.2) is 11.0 Å². The van der Waals surface area contributed by atoms with Crippen molar-refractivity contribution in [2.45, 2.75) is 32.7 Å². The summed E-state index contributed by atoms with van der Waals surface area (Å²) < 4.78 is 0. The number of thiophene rings is 1. The average Bonchev–Trinajstić information content (AvgIpc) is 2.89. The highest BCUT2D eigenvalue weighted by Gasteiger charge is 2.06. The fraction of sp³-hybridized carbons (Fsp3) is 0.417. The van der Waals surface area contributed by atoms with Crippen molar-refractivity contribution in [3.63, 3.8) is 0 Å². The molecule has 86 valence electrons. The number of aryl methyl sites for hydroxylation is 1. The lowest BCUT2D eigenvalue weighted by Crippen LogP contribution is -2.17. The van der Waals surface area contributed by atoms with Crippen LogP contribution >= 0.6 is 22.7 Å². The summed E-state index contributed by atoms with van der Waals surface area (Å²) in [7, 11) is 0. The van der Waals surface area contributed by atoms with Crippen LogP contribution in [0.25, 0.3) is 0 Å². The fourth-order valence-electron chi connectivity index (χ4n) is 1.56. The van der Waals surface area contributed by atoms with Gasteiger partial charge in [-0.05, 0) is 42.2 Å². The Hall–Kier alpha value is -0.870. The van der Waals surface area contributed by atoms with Crippen LogP contribution in [0.15, 0.2) is 22.2 Å². The average molecular weight is 252 g/mol. The van der Waals surface area contributed by atoms with Gasteiger partial charge in [-0.15, -0.1) is 11.3 Å². The van der Waals surface area contributed by atoms with Crippen molar-refractivity contribution in [2.24, 2.45) is 0 Å². The zero-order chi connectivity index (χ0) is 11.4. The minimum atomic E-state index is 0.436. The molecule has 2 aromatic rings. The van der Waals surface area contributed by atoms with E-state index >= 15 is 0 Å². The van der Waals surface area contributed by atoms with Crippen molar-refractivity contribution >= 4 is 27.8 Å². The normalized spacial score (nSPS) is 12.6. The van der Waals surface area contributed by atoms with Crippen molar-refractivity contribution in [1.82, 2.24) is 4.98 Å². The number of thiazole rings is 1. The summed E-state index contributed by atoms with van der Waals surface area (Å²) in [4.78, 5) is 4.51. The maximum Gasteiger partial charge on any atom is 0.183 e. The highest BCUT2D eigenvalue weighted by atomic mass is 32.1.